The summed E-state index contributed by atoms with van der Waals surface area (Å²) in [5.74, 6) is -1.01. The lowest BCUT2D eigenvalue weighted by atomic mass is 9.75. The molecule has 1 aromatic rings. The first-order valence-corrected chi connectivity index (χ1v) is 10.3. The zero-order valence-electron chi connectivity index (χ0n) is 16.4. The van der Waals surface area contributed by atoms with Crippen molar-refractivity contribution in [2.45, 2.75) is 64.5 Å². The Morgan fingerprint density at radius 3 is 2.15 bits per heavy atom. The standard InChI is InChI=1S/C20H30FNO3S/c1-7-14(4)19(20(23,15(5)8-2)16(6)9-3)22-26(24,25)18-13-11-10-12-17(18)21/h8-14,19,22-23H,7H2,1-6H3/t14-,19-,20?/m0/s1. The van der Waals surface area contributed by atoms with Crippen LogP contribution in [0.1, 0.15) is 48.0 Å². The number of halogens is 1. The van der Waals surface area contributed by atoms with Crippen molar-refractivity contribution < 1.29 is 17.9 Å². The van der Waals surface area contributed by atoms with E-state index in [9.17, 15) is 17.9 Å². The summed E-state index contributed by atoms with van der Waals surface area (Å²) in [6, 6.07) is 4.38. The van der Waals surface area contributed by atoms with Crippen molar-refractivity contribution >= 4 is 10.0 Å². The Hall–Kier alpha value is -1.50. The van der Waals surface area contributed by atoms with Gasteiger partial charge in [-0.3, -0.25) is 0 Å². The molecule has 1 aromatic carbocycles. The van der Waals surface area contributed by atoms with E-state index in [4.69, 9.17) is 0 Å². The molecule has 2 N–H and O–H groups in total. The Morgan fingerprint density at radius 1 is 1.23 bits per heavy atom. The van der Waals surface area contributed by atoms with Crippen molar-refractivity contribution in [3.05, 3.63) is 53.4 Å². The molecule has 0 saturated carbocycles. The number of benzene rings is 1. The molecule has 0 spiro atoms. The minimum Gasteiger partial charge on any atom is -0.379 e. The number of rotatable bonds is 8. The third kappa shape index (κ3) is 4.42. The molecule has 0 fully saturated rings. The minimum absolute atomic E-state index is 0.189. The van der Waals surface area contributed by atoms with Crippen LogP contribution >= 0.6 is 0 Å². The Labute approximate surface area is 156 Å². The fourth-order valence-corrected chi connectivity index (χ4v) is 4.43. The SMILES string of the molecule is CC=C(C)C(O)(C(C)=CC)[C@@H](NS(=O)(=O)c1ccccc1F)[C@@H](C)CC. The van der Waals surface area contributed by atoms with Crippen LogP contribution in [0.15, 0.2) is 52.5 Å². The van der Waals surface area contributed by atoms with Gasteiger partial charge in [-0.2, -0.15) is 0 Å². The summed E-state index contributed by atoms with van der Waals surface area (Å²) in [5, 5.41) is 11.5. The summed E-state index contributed by atoms with van der Waals surface area (Å²) in [7, 11) is -4.15. The van der Waals surface area contributed by atoms with Gasteiger partial charge in [0, 0.05) is 0 Å². The summed E-state index contributed by atoms with van der Waals surface area (Å²) in [4.78, 5) is -0.424. The second kappa shape index (κ2) is 8.93. The predicted molar refractivity (Wildman–Crippen MR) is 104 cm³/mol. The second-order valence-electron chi connectivity index (χ2n) is 6.62. The number of nitrogens with one attached hydrogen (secondary N) is 1. The van der Waals surface area contributed by atoms with Crippen LogP contribution in [-0.2, 0) is 10.0 Å². The molecule has 26 heavy (non-hydrogen) atoms. The van der Waals surface area contributed by atoms with Gasteiger partial charge in [-0.25, -0.2) is 17.5 Å². The van der Waals surface area contributed by atoms with Crippen LogP contribution in [0.3, 0.4) is 0 Å². The van der Waals surface area contributed by atoms with E-state index in [1.54, 1.807) is 39.8 Å². The third-order valence-electron chi connectivity index (χ3n) is 5.14. The molecule has 0 heterocycles. The van der Waals surface area contributed by atoms with Gasteiger partial charge in [0.2, 0.25) is 10.0 Å². The van der Waals surface area contributed by atoms with Gasteiger partial charge in [0.25, 0.3) is 0 Å². The van der Waals surface area contributed by atoms with E-state index in [2.05, 4.69) is 4.72 Å². The fourth-order valence-electron chi connectivity index (χ4n) is 2.98. The van der Waals surface area contributed by atoms with Crippen LogP contribution in [0, 0.1) is 11.7 Å². The van der Waals surface area contributed by atoms with Gasteiger partial charge in [0.15, 0.2) is 0 Å². The molecule has 2 atom stereocenters. The van der Waals surface area contributed by atoms with Crippen molar-refractivity contribution in [3.63, 3.8) is 0 Å². The van der Waals surface area contributed by atoms with Crippen LogP contribution in [-0.4, -0.2) is 25.2 Å². The number of hydrogen-bond acceptors (Lipinski definition) is 3. The molecular weight excluding hydrogens is 353 g/mol. The number of sulfonamides is 1. The van der Waals surface area contributed by atoms with E-state index in [1.165, 1.54) is 18.2 Å². The summed E-state index contributed by atoms with van der Waals surface area (Å²) in [6.45, 7) is 10.9. The van der Waals surface area contributed by atoms with Gasteiger partial charge in [0.1, 0.15) is 16.3 Å². The maximum Gasteiger partial charge on any atom is 0.243 e. The molecule has 6 heteroatoms. The lowest BCUT2D eigenvalue weighted by Gasteiger charge is -2.41. The van der Waals surface area contributed by atoms with E-state index >= 15 is 0 Å². The molecule has 0 saturated heterocycles. The van der Waals surface area contributed by atoms with Gasteiger partial charge in [0.05, 0.1) is 6.04 Å². The van der Waals surface area contributed by atoms with Crippen LogP contribution in [0.4, 0.5) is 4.39 Å². The number of aliphatic hydroxyl groups is 1. The van der Waals surface area contributed by atoms with Gasteiger partial charge in [-0.1, -0.05) is 44.6 Å². The van der Waals surface area contributed by atoms with Gasteiger partial charge in [-0.05, 0) is 56.9 Å². The monoisotopic (exact) mass is 383 g/mol. The van der Waals surface area contributed by atoms with Gasteiger partial charge < -0.3 is 5.11 Å². The smallest absolute Gasteiger partial charge is 0.243 e. The van der Waals surface area contributed by atoms with Crippen LogP contribution < -0.4 is 4.72 Å². The lowest BCUT2D eigenvalue weighted by Crippen LogP contribution is -2.57. The first kappa shape index (κ1) is 22.5. The lowest BCUT2D eigenvalue weighted by molar-refractivity contribution is 0.0580. The van der Waals surface area contributed by atoms with Crippen molar-refractivity contribution in [3.8, 4) is 0 Å². The highest BCUT2D eigenvalue weighted by atomic mass is 32.2. The molecule has 0 aliphatic rings. The first-order chi connectivity index (χ1) is 12.1. The molecule has 4 nitrogen and oxygen atoms in total. The van der Waals surface area contributed by atoms with Gasteiger partial charge >= 0.3 is 0 Å². The van der Waals surface area contributed by atoms with E-state index in [1.807, 2.05) is 13.8 Å². The van der Waals surface area contributed by atoms with E-state index < -0.39 is 32.4 Å². The topological polar surface area (TPSA) is 66.4 Å². The van der Waals surface area contributed by atoms with Crippen molar-refractivity contribution in [2.24, 2.45) is 5.92 Å². The summed E-state index contributed by atoms with van der Waals surface area (Å²) in [5.41, 5.74) is -0.235. The zero-order chi connectivity index (χ0) is 20.1. The number of hydrogen-bond donors (Lipinski definition) is 2. The largest absolute Gasteiger partial charge is 0.379 e. The van der Waals surface area contributed by atoms with Gasteiger partial charge in [-0.15, -0.1) is 0 Å². The maximum atomic E-state index is 14.1. The Bertz CT molecular complexity index is 766. The predicted octanol–water partition coefficient (Wildman–Crippen LogP) is 4.18. The van der Waals surface area contributed by atoms with Crippen molar-refractivity contribution in [2.75, 3.05) is 0 Å². The average Bonchev–Trinajstić information content (AvgIpc) is 2.63. The fraction of sp³-hybridized carbons (Fsp3) is 0.500. The molecular formula is C20H30FNO3S. The average molecular weight is 384 g/mol. The molecule has 146 valence electrons. The van der Waals surface area contributed by atoms with Crippen LogP contribution in [0.2, 0.25) is 0 Å². The minimum atomic E-state index is -4.15. The second-order valence-corrected chi connectivity index (χ2v) is 8.31. The highest BCUT2D eigenvalue weighted by Gasteiger charge is 2.44. The van der Waals surface area contributed by atoms with Crippen LogP contribution in [0.5, 0.6) is 0 Å². The summed E-state index contributed by atoms with van der Waals surface area (Å²) >= 11 is 0. The summed E-state index contributed by atoms with van der Waals surface area (Å²) < 4.78 is 42.3. The van der Waals surface area contributed by atoms with Crippen LogP contribution in [0.25, 0.3) is 0 Å². The molecule has 1 rings (SSSR count). The van der Waals surface area contributed by atoms with E-state index in [-0.39, 0.29) is 5.92 Å². The maximum absolute atomic E-state index is 14.1. The Balaban J connectivity index is 3.54. The highest BCUT2D eigenvalue weighted by molar-refractivity contribution is 7.89. The molecule has 0 unspecified atom stereocenters. The summed E-state index contributed by atoms with van der Waals surface area (Å²) in [6.07, 6.45) is 4.17. The highest BCUT2D eigenvalue weighted by Crippen LogP contribution is 2.35. The molecule has 0 bridgehead atoms. The third-order valence-corrected chi connectivity index (χ3v) is 6.61. The number of allylic oxidation sites excluding steroid dienone is 2. The Kier molecular flexibility index (Phi) is 7.74. The van der Waals surface area contributed by atoms with Crippen molar-refractivity contribution in [1.29, 1.82) is 0 Å². The molecule has 0 aliphatic heterocycles. The molecule has 0 radical (unpaired) electrons. The molecule has 0 aromatic heterocycles. The van der Waals surface area contributed by atoms with E-state index in [0.29, 0.717) is 17.6 Å². The normalized spacial score (nSPS) is 18.3. The quantitative estimate of drug-likeness (QED) is 0.662. The first-order valence-electron chi connectivity index (χ1n) is 8.82. The zero-order valence-corrected chi connectivity index (χ0v) is 17.2. The molecule has 0 amide bonds. The molecule has 0 aliphatic carbocycles. The van der Waals surface area contributed by atoms with Crippen molar-refractivity contribution in [1.82, 2.24) is 4.72 Å². The van der Waals surface area contributed by atoms with E-state index in [0.717, 1.165) is 6.07 Å². The Morgan fingerprint density at radius 2 is 1.73 bits per heavy atom.